The van der Waals surface area contributed by atoms with E-state index in [9.17, 15) is 13.6 Å². The summed E-state index contributed by atoms with van der Waals surface area (Å²) in [5.41, 5.74) is 7.70. The van der Waals surface area contributed by atoms with Crippen molar-refractivity contribution in [2.75, 3.05) is 12.4 Å². The third-order valence-electron chi connectivity index (χ3n) is 7.10. The lowest BCUT2D eigenvalue weighted by Gasteiger charge is -2.42. The van der Waals surface area contributed by atoms with Crippen LogP contribution in [0, 0.1) is 17.3 Å². The molecule has 0 bridgehead atoms. The van der Waals surface area contributed by atoms with Gasteiger partial charge in [-0.25, -0.2) is 4.52 Å². The predicted octanol–water partition coefficient (Wildman–Crippen LogP) is 3.35. The van der Waals surface area contributed by atoms with Gasteiger partial charge in [-0.1, -0.05) is 13.8 Å². The van der Waals surface area contributed by atoms with E-state index in [1.165, 1.54) is 6.20 Å². The summed E-state index contributed by atoms with van der Waals surface area (Å²) >= 11 is 0. The molecule has 1 aliphatic carbocycles. The van der Waals surface area contributed by atoms with Crippen molar-refractivity contribution in [1.29, 1.82) is 0 Å². The molecule has 4 N–H and O–H groups in total. The topological polar surface area (TPSA) is 97.3 Å². The molecule has 0 saturated heterocycles. The minimum atomic E-state index is -0.909. The monoisotopic (exact) mass is 428 g/mol. The molecule has 0 spiro atoms. The highest BCUT2D eigenvalue weighted by Crippen LogP contribution is 2.47. The second-order valence-corrected chi connectivity index (χ2v) is 8.90. The molecule has 1 saturated carbocycles. The average Bonchev–Trinajstić information content (AvgIpc) is 3.22. The lowest BCUT2D eigenvalue weighted by molar-refractivity contribution is 0.100. The van der Waals surface area contributed by atoms with Crippen LogP contribution in [0.15, 0.2) is 30.6 Å². The van der Waals surface area contributed by atoms with Gasteiger partial charge in [0.1, 0.15) is 0 Å². The molecule has 0 aliphatic heterocycles. The van der Waals surface area contributed by atoms with Crippen LogP contribution in [0.3, 0.4) is 0 Å². The van der Waals surface area contributed by atoms with Crippen LogP contribution in [0.4, 0.5) is 14.5 Å². The van der Waals surface area contributed by atoms with Crippen molar-refractivity contribution in [3.8, 4) is 11.1 Å². The van der Waals surface area contributed by atoms with Gasteiger partial charge >= 0.3 is 0 Å². The largest absolute Gasteiger partial charge is 0.379 e. The smallest absolute Gasteiger partial charge is 0.252 e. The quantitative estimate of drug-likeness (QED) is 0.542. The van der Waals surface area contributed by atoms with Gasteiger partial charge in [-0.15, -0.1) is 0 Å². The van der Waals surface area contributed by atoms with E-state index in [0.29, 0.717) is 22.3 Å². The standard InChI is InChI=1S/C22H26F2N6O/c1-21(2)16(5-6-22(21,3)26-4)28-19-14(20(25)31)10-27-30-11-13(7-15(19)30)12-8-17(23)29-18(24)9-12/h7-11,16,26,28H,5-6H2,1-4H3,(H2,25,31)/t16-,22?/m1/s1. The second-order valence-electron chi connectivity index (χ2n) is 8.90. The van der Waals surface area contributed by atoms with Crippen LogP contribution in [0.2, 0.25) is 0 Å². The predicted molar refractivity (Wildman–Crippen MR) is 115 cm³/mol. The van der Waals surface area contributed by atoms with Gasteiger partial charge < -0.3 is 16.4 Å². The number of carbonyl (C=O) groups excluding carboxylic acids is 1. The normalized spacial score (nSPS) is 22.7. The highest BCUT2D eigenvalue weighted by molar-refractivity contribution is 6.02. The Kier molecular flexibility index (Phi) is 4.96. The maximum Gasteiger partial charge on any atom is 0.252 e. The third kappa shape index (κ3) is 3.42. The highest BCUT2D eigenvalue weighted by Gasteiger charge is 2.51. The Balaban J connectivity index is 1.82. The molecule has 3 aromatic heterocycles. The lowest BCUT2D eigenvalue weighted by Crippen LogP contribution is -2.53. The first kappa shape index (κ1) is 21.2. The van der Waals surface area contributed by atoms with Gasteiger partial charge in [-0.2, -0.15) is 18.9 Å². The highest BCUT2D eigenvalue weighted by atomic mass is 19.1. The van der Waals surface area contributed by atoms with Crippen molar-refractivity contribution in [2.45, 2.75) is 45.2 Å². The van der Waals surface area contributed by atoms with E-state index in [4.69, 9.17) is 5.73 Å². The van der Waals surface area contributed by atoms with Crippen LogP contribution in [0.25, 0.3) is 16.6 Å². The number of fused-ring (bicyclic) bond motifs is 1. The van der Waals surface area contributed by atoms with Crippen LogP contribution >= 0.6 is 0 Å². The molecule has 4 rings (SSSR count). The molecule has 31 heavy (non-hydrogen) atoms. The number of anilines is 1. The van der Waals surface area contributed by atoms with Crippen LogP contribution in [0.1, 0.15) is 44.0 Å². The molecule has 164 valence electrons. The van der Waals surface area contributed by atoms with Gasteiger partial charge in [0.2, 0.25) is 11.9 Å². The maximum absolute atomic E-state index is 13.6. The van der Waals surface area contributed by atoms with E-state index in [1.807, 2.05) is 7.05 Å². The van der Waals surface area contributed by atoms with Crippen LogP contribution in [-0.2, 0) is 0 Å². The number of rotatable bonds is 5. The molecule has 1 aliphatic rings. The number of nitrogens with two attached hydrogens (primary N) is 1. The molecule has 3 aromatic rings. The van der Waals surface area contributed by atoms with Crippen LogP contribution < -0.4 is 16.4 Å². The minimum absolute atomic E-state index is 0.0587. The van der Waals surface area contributed by atoms with Crippen molar-refractivity contribution in [3.63, 3.8) is 0 Å². The van der Waals surface area contributed by atoms with Gasteiger partial charge in [-0.3, -0.25) is 4.79 Å². The Morgan fingerprint density at radius 2 is 1.87 bits per heavy atom. The number of halogens is 2. The summed E-state index contributed by atoms with van der Waals surface area (Å²) < 4.78 is 28.8. The first-order valence-corrected chi connectivity index (χ1v) is 10.2. The molecule has 7 nitrogen and oxygen atoms in total. The molecule has 3 heterocycles. The fraction of sp³-hybridized carbons (Fsp3) is 0.409. The molecular weight excluding hydrogens is 402 g/mol. The van der Waals surface area contributed by atoms with Gasteiger partial charge in [-0.05, 0) is 38.4 Å². The number of nitrogens with zero attached hydrogens (tertiary/aromatic N) is 3. The molecule has 9 heteroatoms. The van der Waals surface area contributed by atoms with Gasteiger partial charge in [0.05, 0.1) is 23.0 Å². The van der Waals surface area contributed by atoms with Crippen molar-refractivity contribution in [1.82, 2.24) is 19.9 Å². The number of nitrogens with one attached hydrogen (secondary N) is 2. The number of hydrogen-bond donors (Lipinski definition) is 3. The fourth-order valence-corrected chi connectivity index (χ4v) is 4.56. The number of amides is 1. The molecule has 1 unspecified atom stereocenters. The third-order valence-corrected chi connectivity index (χ3v) is 7.10. The summed E-state index contributed by atoms with van der Waals surface area (Å²) in [5, 5.41) is 11.2. The minimum Gasteiger partial charge on any atom is -0.379 e. The van der Waals surface area contributed by atoms with E-state index in [-0.39, 0.29) is 22.6 Å². The Labute approximate surface area is 179 Å². The van der Waals surface area contributed by atoms with Gasteiger partial charge in [0.15, 0.2) is 0 Å². The Morgan fingerprint density at radius 3 is 2.45 bits per heavy atom. The number of hydrogen-bond acceptors (Lipinski definition) is 5. The van der Waals surface area contributed by atoms with E-state index >= 15 is 0 Å². The van der Waals surface area contributed by atoms with Crippen molar-refractivity contribution in [3.05, 3.63) is 48.1 Å². The molecule has 1 fully saturated rings. The lowest BCUT2D eigenvalue weighted by atomic mass is 9.74. The van der Waals surface area contributed by atoms with Crippen molar-refractivity contribution in [2.24, 2.45) is 11.1 Å². The summed E-state index contributed by atoms with van der Waals surface area (Å²) in [4.78, 5) is 15.3. The Hall–Kier alpha value is -3.07. The van der Waals surface area contributed by atoms with Crippen molar-refractivity contribution < 1.29 is 13.6 Å². The molecule has 2 atom stereocenters. The van der Waals surface area contributed by atoms with E-state index in [1.54, 1.807) is 16.8 Å². The molecule has 0 aromatic carbocycles. The second kappa shape index (κ2) is 7.26. The number of pyridine rings is 1. The Morgan fingerprint density at radius 1 is 1.19 bits per heavy atom. The molecule has 0 radical (unpaired) electrons. The van der Waals surface area contributed by atoms with E-state index < -0.39 is 17.8 Å². The first-order valence-electron chi connectivity index (χ1n) is 10.2. The number of aromatic nitrogens is 3. The van der Waals surface area contributed by atoms with Gasteiger partial charge in [0, 0.05) is 40.9 Å². The Bertz CT molecular complexity index is 1150. The van der Waals surface area contributed by atoms with Crippen LogP contribution in [0.5, 0.6) is 0 Å². The average molecular weight is 428 g/mol. The summed E-state index contributed by atoms with van der Waals surface area (Å²) in [5.74, 6) is -2.42. The maximum atomic E-state index is 13.6. The molecular formula is C22H26F2N6O. The zero-order chi connectivity index (χ0) is 22.6. The molecule has 1 amide bonds. The van der Waals surface area contributed by atoms with Crippen molar-refractivity contribution >= 4 is 17.1 Å². The number of primary amides is 1. The summed E-state index contributed by atoms with van der Waals surface area (Å²) in [7, 11) is 1.95. The van der Waals surface area contributed by atoms with E-state index in [0.717, 1.165) is 25.0 Å². The SMILES string of the molecule is CNC1(C)CC[C@@H](Nc2c(C(N)=O)cnn3cc(-c4cc(F)nc(F)c4)cc23)C1(C)C. The zero-order valence-corrected chi connectivity index (χ0v) is 18.0. The first-order chi connectivity index (χ1) is 14.6. The van der Waals surface area contributed by atoms with Gasteiger partial charge in [0.25, 0.3) is 5.91 Å². The summed E-state index contributed by atoms with van der Waals surface area (Å²) in [6.45, 7) is 6.55. The summed E-state index contributed by atoms with van der Waals surface area (Å²) in [6, 6.07) is 4.09. The zero-order valence-electron chi connectivity index (χ0n) is 18.0. The number of carbonyl (C=O) groups is 1. The summed E-state index contributed by atoms with van der Waals surface area (Å²) in [6.07, 6.45) is 4.92. The van der Waals surface area contributed by atoms with E-state index in [2.05, 4.69) is 41.5 Å². The van der Waals surface area contributed by atoms with Crippen LogP contribution in [-0.4, -0.2) is 39.1 Å². The fourth-order valence-electron chi connectivity index (χ4n) is 4.56.